The standard InChI is InChI=1S/C13H15BrN2O3/c1-8-4-2-5-9(11(8)14)15-13(19)16-7-3-6-10(16)12(17)18/h2,4-5,10H,3,6-7H2,1H3,(H,15,19)(H,17,18)/t10-/m0/s1. The lowest BCUT2D eigenvalue weighted by molar-refractivity contribution is -0.141. The van der Waals surface area contributed by atoms with Crippen LogP contribution in [0.1, 0.15) is 18.4 Å². The lowest BCUT2D eigenvalue weighted by Crippen LogP contribution is -2.42. The van der Waals surface area contributed by atoms with Crippen LogP contribution in [0, 0.1) is 6.92 Å². The normalized spacial score (nSPS) is 18.4. The summed E-state index contributed by atoms with van der Waals surface area (Å²) in [6, 6.07) is 4.46. The Labute approximate surface area is 119 Å². The summed E-state index contributed by atoms with van der Waals surface area (Å²) in [5.74, 6) is -0.948. The van der Waals surface area contributed by atoms with Crippen molar-refractivity contribution >= 4 is 33.6 Å². The van der Waals surface area contributed by atoms with Crippen molar-refractivity contribution in [3.63, 3.8) is 0 Å². The summed E-state index contributed by atoms with van der Waals surface area (Å²) in [4.78, 5) is 24.6. The van der Waals surface area contributed by atoms with Crippen LogP contribution in [0.4, 0.5) is 10.5 Å². The van der Waals surface area contributed by atoms with Crippen molar-refractivity contribution in [1.82, 2.24) is 4.90 Å². The molecule has 0 unspecified atom stereocenters. The number of halogens is 1. The Morgan fingerprint density at radius 3 is 2.89 bits per heavy atom. The van der Waals surface area contributed by atoms with Crippen molar-refractivity contribution in [3.05, 3.63) is 28.2 Å². The first-order chi connectivity index (χ1) is 9.00. The van der Waals surface area contributed by atoms with E-state index in [0.29, 0.717) is 18.7 Å². The summed E-state index contributed by atoms with van der Waals surface area (Å²) >= 11 is 3.41. The number of likely N-dealkylation sites (tertiary alicyclic amines) is 1. The number of urea groups is 1. The van der Waals surface area contributed by atoms with Crippen LogP contribution in [0.15, 0.2) is 22.7 Å². The minimum atomic E-state index is -0.948. The Bertz CT molecular complexity index is 519. The van der Waals surface area contributed by atoms with E-state index in [4.69, 9.17) is 5.11 Å². The van der Waals surface area contributed by atoms with Crippen LogP contribution in [0.25, 0.3) is 0 Å². The maximum atomic E-state index is 12.1. The second kappa shape index (κ2) is 5.61. The Hall–Kier alpha value is -1.56. The summed E-state index contributed by atoms with van der Waals surface area (Å²) in [5, 5.41) is 11.8. The molecule has 0 saturated carbocycles. The zero-order chi connectivity index (χ0) is 14.0. The zero-order valence-corrected chi connectivity index (χ0v) is 12.1. The smallest absolute Gasteiger partial charge is 0.326 e. The average Bonchev–Trinajstić information content (AvgIpc) is 2.84. The zero-order valence-electron chi connectivity index (χ0n) is 10.5. The van der Waals surface area contributed by atoms with Crippen molar-refractivity contribution in [1.29, 1.82) is 0 Å². The van der Waals surface area contributed by atoms with Crippen LogP contribution < -0.4 is 5.32 Å². The summed E-state index contributed by atoms with van der Waals surface area (Å²) in [6.07, 6.45) is 1.23. The molecular weight excluding hydrogens is 312 g/mol. The fourth-order valence-electron chi connectivity index (χ4n) is 2.20. The summed E-state index contributed by atoms with van der Waals surface area (Å²) in [5.41, 5.74) is 1.66. The van der Waals surface area contributed by atoms with Gasteiger partial charge in [-0.05, 0) is 47.3 Å². The van der Waals surface area contributed by atoms with Gasteiger partial charge in [0.25, 0.3) is 0 Å². The minimum absolute atomic E-state index is 0.365. The molecule has 5 nitrogen and oxygen atoms in total. The fourth-order valence-corrected chi connectivity index (χ4v) is 2.56. The van der Waals surface area contributed by atoms with E-state index in [0.717, 1.165) is 16.5 Å². The number of hydrogen-bond acceptors (Lipinski definition) is 2. The highest BCUT2D eigenvalue weighted by molar-refractivity contribution is 9.10. The van der Waals surface area contributed by atoms with E-state index in [1.165, 1.54) is 4.90 Å². The Morgan fingerprint density at radius 1 is 1.47 bits per heavy atom. The molecule has 0 radical (unpaired) electrons. The first-order valence-electron chi connectivity index (χ1n) is 6.06. The molecule has 1 atom stereocenters. The SMILES string of the molecule is Cc1cccc(NC(=O)N2CCC[C@H]2C(=O)O)c1Br. The van der Waals surface area contributed by atoms with Crippen LogP contribution in [0.2, 0.25) is 0 Å². The highest BCUT2D eigenvalue weighted by atomic mass is 79.9. The molecule has 1 aliphatic heterocycles. The number of anilines is 1. The van der Waals surface area contributed by atoms with E-state index in [-0.39, 0.29) is 6.03 Å². The van der Waals surface area contributed by atoms with Crippen molar-refractivity contribution < 1.29 is 14.7 Å². The number of carbonyl (C=O) groups is 2. The topological polar surface area (TPSA) is 69.6 Å². The molecule has 19 heavy (non-hydrogen) atoms. The predicted octanol–water partition coefficient (Wildman–Crippen LogP) is 2.84. The molecule has 2 N–H and O–H groups in total. The minimum Gasteiger partial charge on any atom is -0.480 e. The molecule has 1 aromatic rings. The molecule has 102 valence electrons. The number of nitrogens with one attached hydrogen (secondary N) is 1. The first-order valence-corrected chi connectivity index (χ1v) is 6.85. The Morgan fingerprint density at radius 2 is 2.21 bits per heavy atom. The van der Waals surface area contributed by atoms with Crippen LogP contribution >= 0.6 is 15.9 Å². The number of hydrogen-bond donors (Lipinski definition) is 2. The van der Waals surface area contributed by atoms with Crippen LogP contribution in [0.3, 0.4) is 0 Å². The second-order valence-corrected chi connectivity index (χ2v) is 5.35. The molecule has 0 spiro atoms. The summed E-state index contributed by atoms with van der Waals surface area (Å²) < 4.78 is 0.814. The van der Waals surface area contributed by atoms with E-state index < -0.39 is 12.0 Å². The van der Waals surface area contributed by atoms with Gasteiger partial charge in [-0.15, -0.1) is 0 Å². The molecule has 0 bridgehead atoms. The van der Waals surface area contributed by atoms with Gasteiger partial charge in [-0.3, -0.25) is 0 Å². The van der Waals surface area contributed by atoms with Crippen molar-refractivity contribution in [2.45, 2.75) is 25.8 Å². The highest BCUT2D eigenvalue weighted by Gasteiger charge is 2.34. The monoisotopic (exact) mass is 326 g/mol. The number of rotatable bonds is 2. The number of carbonyl (C=O) groups excluding carboxylic acids is 1. The van der Waals surface area contributed by atoms with Crippen molar-refractivity contribution in [2.75, 3.05) is 11.9 Å². The number of carboxylic acids is 1. The largest absolute Gasteiger partial charge is 0.480 e. The number of amides is 2. The van der Waals surface area contributed by atoms with Gasteiger partial charge in [-0.2, -0.15) is 0 Å². The van der Waals surface area contributed by atoms with Crippen molar-refractivity contribution in [2.24, 2.45) is 0 Å². The number of benzene rings is 1. The van der Waals surface area contributed by atoms with Crippen LogP contribution in [-0.4, -0.2) is 34.6 Å². The third-order valence-electron chi connectivity index (χ3n) is 3.23. The number of nitrogens with zero attached hydrogens (tertiary/aromatic N) is 1. The molecule has 1 heterocycles. The van der Waals surface area contributed by atoms with Crippen molar-refractivity contribution in [3.8, 4) is 0 Å². The van der Waals surface area contributed by atoms with Gasteiger partial charge in [0.2, 0.25) is 0 Å². The van der Waals surface area contributed by atoms with Gasteiger partial charge < -0.3 is 15.3 Å². The lowest BCUT2D eigenvalue weighted by atomic mass is 10.2. The lowest BCUT2D eigenvalue weighted by Gasteiger charge is -2.22. The van der Waals surface area contributed by atoms with Gasteiger partial charge in [0.1, 0.15) is 6.04 Å². The third kappa shape index (κ3) is 2.89. The molecule has 2 rings (SSSR count). The molecule has 0 aromatic heterocycles. The molecule has 1 aliphatic rings. The number of aryl methyl sites for hydroxylation is 1. The fraction of sp³-hybridized carbons (Fsp3) is 0.385. The van der Waals surface area contributed by atoms with Crippen LogP contribution in [-0.2, 0) is 4.79 Å². The van der Waals surface area contributed by atoms with Gasteiger partial charge in [0.15, 0.2) is 0 Å². The molecule has 1 aromatic carbocycles. The Kier molecular flexibility index (Phi) is 4.09. The molecule has 1 saturated heterocycles. The van der Waals surface area contributed by atoms with E-state index >= 15 is 0 Å². The molecule has 1 fully saturated rings. The Balaban J connectivity index is 2.13. The quantitative estimate of drug-likeness (QED) is 0.877. The van der Waals surface area contributed by atoms with Crippen LogP contribution in [0.5, 0.6) is 0 Å². The average molecular weight is 327 g/mol. The van der Waals surface area contributed by atoms with E-state index in [1.54, 1.807) is 6.07 Å². The summed E-state index contributed by atoms with van der Waals surface area (Å²) in [7, 11) is 0. The molecule has 2 amide bonds. The predicted molar refractivity (Wildman–Crippen MR) is 75.3 cm³/mol. The maximum Gasteiger partial charge on any atom is 0.326 e. The van der Waals surface area contributed by atoms with E-state index in [9.17, 15) is 9.59 Å². The maximum absolute atomic E-state index is 12.1. The molecular formula is C13H15BrN2O3. The van der Waals surface area contributed by atoms with Gasteiger partial charge >= 0.3 is 12.0 Å². The first kappa shape index (κ1) is 13.9. The van der Waals surface area contributed by atoms with Gasteiger partial charge in [-0.25, -0.2) is 9.59 Å². The number of aliphatic carboxylic acids is 1. The highest BCUT2D eigenvalue weighted by Crippen LogP contribution is 2.27. The van der Waals surface area contributed by atoms with Gasteiger partial charge in [0.05, 0.1) is 5.69 Å². The van der Waals surface area contributed by atoms with Gasteiger partial charge in [-0.1, -0.05) is 12.1 Å². The molecule has 0 aliphatic carbocycles. The third-order valence-corrected chi connectivity index (χ3v) is 4.28. The van der Waals surface area contributed by atoms with E-state index in [2.05, 4.69) is 21.2 Å². The molecule has 6 heteroatoms. The van der Waals surface area contributed by atoms with E-state index in [1.807, 2.05) is 19.1 Å². The van der Waals surface area contributed by atoms with Gasteiger partial charge in [0, 0.05) is 11.0 Å². The second-order valence-electron chi connectivity index (χ2n) is 4.56. The summed E-state index contributed by atoms with van der Waals surface area (Å²) in [6.45, 7) is 2.40. The number of carboxylic acid groups (broad SMARTS) is 1.